The summed E-state index contributed by atoms with van der Waals surface area (Å²) in [5.41, 5.74) is 19.6. The molecule has 2 aliphatic rings. The highest BCUT2D eigenvalue weighted by atomic mass is 14.3. The average Bonchev–Trinajstić information content (AvgIpc) is 1.68. The molecule has 0 amide bonds. The van der Waals surface area contributed by atoms with Crippen LogP contribution in [0.2, 0.25) is 0 Å². The molecular weight excluding hydrogens is 985 g/mol. The van der Waals surface area contributed by atoms with E-state index in [1.807, 2.05) is 0 Å². The molecule has 0 spiro atoms. The smallest absolute Gasteiger partial charge is 0.000718 e. The van der Waals surface area contributed by atoms with Gasteiger partial charge in [-0.05, 0) is 198 Å². The van der Waals surface area contributed by atoms with Crippen molar-refractivity contribution >= 4 is 43.1 Å². The summed E-state index contributed by atoms with van der Waals surface area (Å²) >= 11 is 0. The number of fused-ring (bicyclic) bond motifs is 5. The molecule has 0 heterocycles. The Hall–Kier alpha value is -10.7. The topological polar surface area (TPSA) is 0 Å². The van der Waals surface area contributed by atoms with E-state index in [0.717, 1.165) is 0 Å². The number of hydrogen-bond acceptors (Lipinski definition) is 0. The first-order valence-corrected chi connectivity index (χ1v) is 28.6. The standard InChI is InChI=1S/C82H50/c1-5-23-51(24-6-1)55-33-21-35-59(47-55)73-71-49-57-31-13-14-32-58(57)50-72(71)74(60-36-22-34-56(48-60)52-25-7-2-8-26-52)80-68-44-46-70-78-69(45-43-67(77(68)78)79(73)80)81-75(63-39-17-15-37-61(63)53-27-9-3-10-28-53)65-41-19-20-42-66(65)76(82(70)81)64-40-18-16-38-62(64)54-29-11-4-12-30-54/h1-50H. The Balaban J connectivity index is 1.13. The molecule has 0 aromatic heterocycles. The van der Waals surface area contributed by atoms with Crippen LogP contribution >= 0.6 is 0 Å². The molecule has 0 atom stereocenters. The van der Waals surface area contributed by atoms with Gasteiger partial charge in [0.15, 0.2) is 0 Å². The second-order valence-corrected chi connectivity index (χ2v) is 22.1. The molecule has 0 unspecified atom stereocenters. The predicted molar refractivity (Wildman–Crippen MR) is 344 cm³/mol. The number of rotatable bonds is 8. The molecule has 2 aliphatic carbocycles. The summed E-state index contributed by atoms with van der Waals surface area (Å²) < 4.78 is 0. The molecule has 0 fully saturated rings. The van der Waals surface area contributed by atoms with Gasteiger partial charge in [0.2, 0.25) is 0 Å². The van der Waals surface area contributed by atoms with Crippen LogP contribution in [0.15, 0.2) is 303 Å². The Kier molecular flexibility index (Phi) is 10.4. The Bertz CT molecular complexity index is 5250. The summed E-state index contributed by atoms with van der Waals surface area (Å²) in [7, 11) is 0. The van der Waals surface area contributed by atoms with Crippen LogP contribution in [-0.4, -0.2) is 0 Å². The molecule has 0 bridgehead atoms. The zero-order chi connectivity index (χ0) is 53.8. The summed E-state index contributed by atoms with van der Waals surface area (Å²) in [6, 6.07) is 113. The summed E-state index contributed by atoms with van der Waals surface area (Å²) in [4.78, 5) is 0. The maximum atomic E-state index is 2.49. The molecular formula is C82H50. The van der Waals surface area contributed by atoms with Crippen LogP contribution < -0.4 is 0 Å². The van der Waals surface area contributed by atoms with Gasteiger partial charge in [0.1, 0.15) is 0 Å². The minimum atomic E-state index is 1.20. The summed E-state index contributed by atoms with van der Waals surface area (Å²) in [6.07, 6.45) is 0. The van der Waals surface area contributed by atoms with Crippen LogP contribution in [0.25, 0.3) is 132 Å². The van der Waals surface area contributed by atoms with Crippen molar-refractivity contribution in [2.75, 3.05) is 0 Å². The van der Waals surface area contributed by atoms with Crippen LogP contribution in [-0.2, 0) is 0 Å². The highest BCUT2D eigenvalue weighted by molar-refractivity contribution is 6.14. The predicted octanol–water partition coefficient (Wildman–Crippen LogP) is 21.4. The highest BCUT2D eigenvalue weighted by Crippen LogP contribution is 2.49. The molecule has 0 heteroatoms. The molecule has 17 rings (SSSR count). The van der Waals surface area contributed by atoms with E-state index in [2.05, 4.69) is 303 Å². The average molecular weight is 1040 g/mol. The number of hydrogen-bond donors (Lipinski definition) is 0. The highest BCUT2D eigenvalue weighted by Gasteiger charge is 2.27. The maximum Gasteiger partial charge on any atom is -0.000718 e. The molecule has 0 radical (unpaired) electrons. The summed E-state index contributed by atoms with van der Waals surface area (Å²) in [6.45, 7) is 0. The van der Waals surface area contributed by atoms with E-state index in [4.69, 9.17) is 0 Å². The minimum absolute atomic E-state index is 1.20. The third kappa shape index (κ3) is 6.98. The van der Waals surface area contributed by atoms with E-state index >= 15 is 0 Å². The van der Waals surface area contributed by atoms with Crippen LogP contribution in [0.5, 0.6) is 0 Å². The van der Waals surface area contributed by atoms with E-state index in [0.29, 0.717) is 0 Å². The van der Waals surface area contributed by atoms with E-state index < -0.39 is 0 Å². The lowest BCUT2D eigenvalue weighted by Gasteiger charge is -2.19. The molecule has 0 nitrogen and oxygen atoms in total. The molecule has 0 aliphatic heterocycles. The fourth-order valence-electron chi connectivity index (χ4n) is 14.3. The van der Waals surface area contributed by atoms with Crippen molar-refractivity contribution in [2.45, 2.75) is 0 Å². The van der Waals surface area contributed by atoms with Gasteiger partial charge >= 0.3 is 0 Å². The largest absolute Gasteiger partial charge is 0.0622 e. The van der Waals surface area contributed by atoms with Crippen molar-refractivity contribution in [2.24, 2.45) is 0 Å². The van der Waals surface area contributed by atoms with Crippen LogP contribution in [0.1, 0.15) is 0 Å². The van der Waals surface area contributed by atoms with Gasteiger partial charge in [-0.25, -0.2) is 0 Å². The Morgan fingerprint density at radius 3 is 0.841 bits per heavy atom. The number of benzene rings is 15. The third-order valence-electron chi connectivity index (χ3n) is 17.7. The SMILES string of the molecule is c1ccc(-c2cccc(-c3c4c(c(-c5cccc(-c6ccccc6)c5)c5cc6ccccc6cc35)=c3ccc5c6c(ccc=4c36)=c3c(-c4ccccc4-c4ccccc4)c4ccccc4c(-c4ccccc4-c4ccccc4)c3=5)c2)cc1. The van der Waals surface area contributed by atoms with Gasteiger partial charge in [0.25, 0.3) is 0 Å². The second kappa shape index (κ2) is 18.5. The normalized spacial score (nSPS) is 11.9. The first-order chi connectivity index (χ1) is 40.7. The van der Waals surface area contributed by atoms with Gasteiger partial charge in [0.05, 0.1) is 0 Å². The van der Waals surface area contributed by atoms with Crippen molar-refractivity contribution in [3.63, 3.8) is 0 Å². The fraction of sp³-hybridized carbons (Fsp3) is 0. The van der Waals surface area contributed by atoms with Crippen molar-refractivity contribution in [3.05, 3.63) is 345 Å². The lowest BCUT2D eigenvalue weighted by molar-refractivity contribution is 1.47. The van der Waals surface area contributed by atoms with Gasteiger partial charge in [0, 0.05) is 0 Å². The lowest BCUT2D eigenvalue weighted by Crippen LogP contribution is -1.95. The van der Waals surface area contributed by atoms with E-state index in [1.54, 1.807) is 0 Å². The molecule has 0 saturated carbocycles. The molecule has 15 aromatic rings. The monoisotopic (exact) mass is 1030 g/mol. The van der Waals surface area contributed by atoms with Gasteiger partial charge in [-0.2, -0.15) is 0 Å². The van der Waals surface area contributed by atoms with E-state index in [-0.39, 0.29) is 0 Å². The van der Waals surface area contributed by atoms with Gasteiger partial charge in [-0.15, -0.1) is 0 Å². The second-order valence-electron chi connectivity index (χ2n) is 22.1. The van der Waals surface area contributed by atoms with Crippen LogP contribution in [0, 0.1) is 41.7 Å². The maximum absolute atomic E-state index is 2.49. The summed E-state index contributed by atoms with van der Waals surface area (Å²) in [5.74, 6) is 0. The van der Waals surface area contributed by atoms with E-state index in [1.165, 1.54) is 174 Å². The minimum Gasteiger partial charge on any atom is -0.0622 e. The molecule has 82 heavy (non-hydrogen) atoms. The zero-order valence-corrected chi connectivity index (χ0v) is 44.9. The lowest BCUT2D eigenvalue weighted by atomic mass is 9.84. The Morgan fingerprint density at radius 2 is 0.451 bits per heavy atom. The van der Waals surface area contributed by atoms with Crippen LogP contribution in [0.3, 0.4) is 0 Å². The molecule has 378 valence electrons. The summed E-state index contributed by atoms with van der Waals surface area (Å²) in [5, 5.41) is 20.3. The molecule has 0 saturated heterocycles. The first kappa shape index (κ1) is 46.3. The van der Waals surface area contributed by atoms with E-state index in [9.17, 15) is 0 Å². The van der Waals surface area contributed by atoms with Crippen molar-refractivity contribution in [3.8, 4) is 89.0 Å². The molecule has 15 aromatic carbocycles. The van der Waals surface area contributed by atoms with Crippen molar-refractivity contribution in [1.82, 2.24) is 0 Å². The van der Waals surface area contributed by atoms with Crippen molar-refractivity contribution < 1.29 is 0 Å². The van der Waals surface area contributed by atoms with Crippen molar-refractivity contribution in [1.29, 1.82) is 0 Å². The quantitative estimate of drug-likeness (QED) is 0.133. The van der Waals surface area contributed by atoms with Crippen LogP contribution in [0.4, 0.5) is 0 Å². The molecule has 0 N–H and O–H groups in total. The zero-order valence-electron chi connectivity index (χ0n) is 44.9. The van der Waals surface area contributed by atoms with Gasteiger partial charge in [-0.1, -0.05) is 279 Å². The van der Waals surface area contributed by atoms with Gasteiger partial charge in [-0.3, -0.25) is 0 Å². The Morgan fingerprint density at radius 1 is 0.159 bits per heavy atom. The first-order valence-electron chi connectivity index (χ1n) is 28.6. The van der Waals surface area contributed by atoms with Gasteiger partial charge < -0.3 is 0 Å². The third-order valence-corrected chi connectivity index (χ3v) is 17.7. The Labute approximate surface area is 474 Å². The fourth-order valence-corrected chi connectivity index (χ4v) is 14.3.